The second kappa shape index (κ2) is 4.79. The fourth-order valence-corrected chi connectivity index (χ4v) is 6.32. The molecule has 0 aliphatic heterocycles. The standard InChI is InChI=1S/C16H30N.H2O/c1-4-17(5-2,6-3)16-10-13-7-14(11-16)9-15(8-13)12-16;/h13-15H,4-12H2,1-3H3;1H2/q+1;/p-1. The van der Waals surface area contributed by atoms with Gasteiger partial charge in [-0.15, -0.1) is 0 Å². The number of nitrogens with zero attached hydrogens (tertiary/aromatic N) is 1. The smallest absolute Gasteiger partial charge is 0.1000 e. The number of hydrogen-bond acceptors (Lipinski definition) is 1. The lowest BCUT2D eigenvalue weighted by atomic mass is 9.51. The maximum atomic E-state index is 2.44. The second-order valence-corrected chi connectivity index (χ2v) is 7.24. The summed E-state index contributed by atoms with van der Waals surface area (Å²) in [4.78, 5) is 0. The Bertz CT molecular complexity index is 252. The minimum Gasteiger partial charge on any atom is -0.870 e. The van der Waals surface area contributed by atoms with Crippen LogP contribution < -0.4 is 0 Å². The van der Waals surface area contributed by atoms with Gasteiger partial charge in [0.25, 0.3) is 0 Å². The number of quaternary nitrogens is 1. The molecule has 0 amide bonds. The quantitative estimate of drug-likeness (QED) is 0.703. The van der Waals surface area contributed by atoms with E-state index in [4.69, 9.17) is 0 Å². The van der Waals surface area contributed by atoms with Crippen LogP contribution in [0.25, 0.3) is 0 Å². The Morgan fingerprint density at radius 2 is 1.11 bits per heavy atom. The minimum atomic E-state index is 0. The van der Waals surface area contributed by atoms with Crippen molar-refractivity contribution in [2.45, 2.75) is 64.8 Å². The van der Waals surface area contributed by atoms with Crippen LogP contribution in [-0.2, 0) is 0 Å². The monoisotopic (exact) mass is 253 g/mol. The van der Waals surface area contributed by atoms with Crippen molar-refractivity contribution in [3.63, 3.8) is 0 Å². The molecule has 4 fully saturated rings. The first kappa shape index (κ1) is 14.3. The highest BCUT2D eigenvalue weighted by Gasteiger charge is 2.59. The van der Waals surface area contributed by atoms with Crippen molar-refractivity contribution in [1.29, 1.82) is 0 Å². The fourth-order valence-electron chi connectivity index (χ4n) is 6.32. The summed E-state index contributed by atoms with van der Waals surface area (Å²) < 4.78 is 1.43. The third-order valence-electron chi connectivity index (χ3n) is 6.83. The molecule has 106 valence electrons. The van der Waals surface area contributed by atoms with E-state index in [1.807, 2.05) is 0 Å². The van der Waals surface area contributed by atoms with Crippen LogP contribution in [-0.4, -0.2) is 35.1 Å². The molecule has 4 rings (SSSR count). The van der Waals surface area contributed by atoms with Crippen LogP contribution in [0.3, 0.4) is 0 Å². The Kier molecular flexibility index (Phi) is 3.81. The summed E-state index contributed by atoms with van der Waals surface area (Å²) in [6, 6.07) is 0. The Morgan fingerprint density at radius 3 is 1.39 bits per heavy atom. The summed E-state index contributed by atoms with van der Waals surface area (Å²) >= 11 is 0. The van der Waals surface area contributed by atoms with Crippen molar-refractivity contribution in [3.05, 3.63) is 0 Å². The lowest BCUT2D eigenvalue weighted by molar-refractivity contribution is -0.977. The molecule has 0 heterocycles. The first-order chi connectivity index (χ1) is 8.17. The molecule has 4 saturated carbocycles. The first-order valence-corrected chi connectivity index (χ1v) is 8.03. The molecular weight excluding hydrogens is 222 g/mol. The van der Waals surface area contributed by atoms with Gasteiger partial charge in [-0.1, -0.05) is 0 Å². The minimum absolute atomic E-state index is 0. The molecule has 2 nitrogen and oxygen atoms in total. The van der Waals surface area contributed by atoms with Crippen LogP contribution in [0.15, 0.2) is 0 Å². The van der Waals surface area contributed by atoms with Crippen molar-refractivity contribution in [2.75, 3.05) is 19.6 Å². The third-order valence-corrected chi connectivity index (χ3v) is 6.83. The van der Waals surface area contributed by atoms with Gasteiger partial charge in [0.15, 0.2) is 0 Å². The Hall–Kier alpha value is -0.0800. The number of hydrogen-bond donors (Lipinski definition) is 0. The molecule has 1 N–H and O–H groups in total. The molecule has 0 saturated heterocycles. The van der Waals surface area contributed by atoms with Crippen LogP contribution in [0.1, 0.15) is 59.3 Å². The summed E-state index contributed by atoms with van der Waals surface area (Å²) in [5.41, 5.74) is 0.701. The van der Waals surface area contributed by atoms with E-state index in [0.29, 0.717) is 5.54 Å². The maximum Gasteiger partial charge on any atom is 0.1000 e. The van der Waals surface area contributed by atoms with Gasteiger partial charge in [-0.05, 0) is 57.8 Å². The predicted octanol–water partition coefficient (Wildman–Crippen LogP) is 3.65. The molecule has 4 aliphatic rings. The van der Waals surface area contributed by atoms with Crippen molar-refractivity contribution in [2.24, 2.45) is 17.8 Å². The highest BCUT2D eigenvalue weighted by atomic mass is 16.0. The average molecular weight is 253 g/mol. The van der Waals surface area contributed by atoms with Crippen molar-refractivity contribution >= 4 is 0 Å². The lowest BCUT2D eigenvalue weighted by Gasteiger charge is -2.64. The molecule has 0 aromatic heterocycles. The maximum absolute atomic E-state index is 2.44. The van der Waals surface area contributed by atoms with E-state index in [1.54, 1.807) is 38.5 Å². The van der Waals surface area contributed by atoms with Gasteiger partial charge >= 0.3 is 0 Å². The molecule has 0 aromatic carbocycles. The molecule has 0 aromatic rings. The first-order valence-electron chi connectivity index (χ1n) is 8.03. The van der Waals surface area contributed by atoms with Gasteiger partial charge < -0.3 is 9.96 Å². The highest BCUT2D eigenvalue weighted by molar-refractivity contribution is 5.03. The average Bonchev–Trinajstić information content (AvgIpc) is 2.29. The summed E-state index contributed by atoms with van der Waals surface area (Å²) in [5.74, 6) is 3.30. The van der Waals surface area contributed by atoms with Crippen LogP contribution in [0.5, 0.6) is 0 Å². The summed E-state index contributed by atoms with van der Waals surface area (Å²) in [5, 5.41) is 0. The van der Waals surface area contributed by atoms with Crippen LogP contribution in [0, 0.1) is 17.8 Å². The number of rotatable bonds is 4. The Labute approximate surface area is 113 Å². The molecular formula is C16H31NO. The van der Waals surface area contributed by atoms with Gasteiger partial charge in [-0.25, -0.2) is 0 Å². The van der Waals surface area contributed by atoms with Gasteiger partial charge in [0.05, 0.1) is 25.2 Å². The second-order valence-electron chi connectivity index (χ2n) is 7.24. The van der Waals surface area contributed by atoms with Gasteiger partial charge in [0, 0.05) is 19.3 Å². The summed E-state index contributed by atoms with van der Waals surface area (Å²) in [6.07, 6.45) is 9.43. The zero-order chi connectivity index (χ0) is 12.1. The highest BCUT2D eigenvalue weighted by Crippen LogP contribution is 2.59. The van der Waals surface area contributed by atoms with Gasteiger partial charge in [-0.2, -0.15) is 0 Å². The van der Waals surface area contributed by atoms with Crippen molar-refractivity contribution in [1.82, 2.24) is 0 Å². The van der Waals surface area contributed by atoms with E-state index in [1.165, 1.54) is 24.1 Å². The van der Waals surface area contributed by atoms with E-state index in [-0.39, 0.29) is 5.48 Å². The Morgan fingerprint density at radius 1 is 0.778 bits per heavy atom. The molecule has 4 bridgehead atoms. The van der Waals surface area contributed by atoms with E-state index >= 15 is 0 Å². The topological polar surface area (TPSA) is 30.0 Å². The van der Waals surface area contributed by atoms with Crippen LogP contribution in [0.4, 0.5) is 0 Å². The van der Waals surface area contributed by atoms with E-state index in [9.17, 15) is 0 Å². The van der Waals surface area contributed by atoms with Crippen molar-refractivity contribution < 1.29 is 9.96 Å². The van der Waals surface area contributed by atoms with E-state index in [0.717, 1.165) is 17.8 Å². The molecule has 0 atom stereocenters. The predicted molar refractivity (Wildman–Crippen MR) is 74.7 cm³/mol. The van der Waals surface area contributed by atoms with Gasteiger partial charge in [0.1, 0.15) is 0 Å². The largest absolute Gasteiger partial charge is 0.870 e. The molecule has 0 spiro atoms. The van der Waals surface area contributed by atoms with Gasteiger partial charge in [0.2, 0.25) is 0 Å². The van der Waals surface area contributed by atoms with E-state index in [2.05, 4.69) is 20.8 Å². The van der Waals surface area contributed by atoms with Crippen LogP contribution >= 0.6 is 0 Å². The normalized spacial score (nSPS) is 41.8. The summed E-state index contributed by atoms with van der Waals surface area (Å²) in [6.45, 7) is 11.4. The zero-order valence-electron chi connectivity index (χ0n) is 12.5. The molecule has 18 heavy (non-hydrogen) atoms. The molecule has 0 unspecified atom stereocenters. The lowest BCUT2D eigenvalue weighted by Crippen LogP contribution is -2.70. The molecule has 2 heteroatoms. The zero-order valence-corrected chi connectivity index (χ0v) is 12.5. The Balaban J connectivity index is 0.00000120. The van der Waals surface area contributed by atoms with E-state index < -0.39 is 0 Å². The fraction of sp³-hybridized carbons (Fsp3) is 1.00. The van der Waals surface area contributed by atoms with Gasteiger partial charge in [-0.3, -0.25) is 0 Å². The molecule has 4 aliphatic carbocycles. The van der Waals surface area contributed by atoms with Crippen LogP contribution in [0.2, 0.25) is 0 Å². The SMILES string of the molecule is CC[N+](CC)(CC)C12CC3CC(CC(C3)C1)C2.[OH-]. The molecule has 0 radical (unpaired) electrons. The van der Waals surface area contributed by atoms with Crippen molar-refractivity contribution in [3.8, 4) is 0 Å². The summed E-state index contributed by atoms with van der Waals surface area (Å²) in [7, 11) is 0. The third kappa shape index (κ3) is 1.76.